The number of hydrogen-bond donors (Lipinski definition) is 0. The van der Waals surface area contributed by atoms with Gasteiger partial charge in [-0.05, 0) is 25.5 Å². The predicted octanol–water partition coefficient (Wildman–Crippen LogP) is 2.92. The zero-order valence-electron chi connectivity index (χ0n) is 13.9. The zero-order chi connectivity index (χ0) is 16.9. The maximum Gasteiger partial charge on any atom is 0.256 e. The molecule has 3 heterocycles. The summed E-state index contributed by atoms with van der Waals surface area (Å²) in [6, 6.07) is 5.53. The molecular formula is C17H21N3O3S. The quantitative estimate of drug-likeness (QED) is 0.775. The van der Waals surface area contributed by atoms with E-state index in [1.54, 1.807) is 12.3 Å². The van der Waals surface area contributed by atoms with Crippen LogP contribution in [0.4, 0.5) is 0 Å². The van der Waals surface area contributed by atoms with Crippen LogP contribution >= 0.6 is 11.8 Å². The third kappa shape index (κ3) is 3.96. The van der Waals surface area contributed by atoms with Gasteiger partial charge >= 0.3 is 0 Å². The molecule has 0 radical (unpaired) electrons. The Balaban J connectivity index is 1.72. The fourth-order valence-electron chi connectivity index (χ4n) is 2.62. The number of ether oxygens (including phenoxy) is 1. The fraction of sp³-hybridized carbons (Fsp3) is 0.471. The molecule has 0 aromatic carbocycles. The van der Waals surface area contributed by atoms with Crippen molar-refractivity contribution in [2.45, 2.75) is 37.2 Å². The number of amides is 1. The van der Waals surface area contributed by atoms with Gasteiger partial charge in [0.2, 0.25) is 0 Å². The molecule has 2 aromatic rings. The van der Waals surface area contributed by atoms with E-state index < -0.39 is 0 Å². The third-order valence-electron chi connectivity index (χ3n) is 3.92. The molecule has 1 saturated heterocycles. The molecule has 0 bridgehead atoms. The zero-order valence-corrected chi connectivity index (χ0v) is 14.7. The van der Waals surface area contributed by atoms with Gasteiger partial charge in [0.25, 0.3) is 5.91 Å². The van der Waals surface area contributed by atoms with Gasteiger partial charge in [0.1, 0.15) is 10.8 Å². The highest BCUT2D eigenvalue weighted by Crippen LogP contribution is 2.25. The van der Waals surface area contributed by atoms with E-state index in [0.717, 1.165) is 22.9 Å². The summed E-state index contributed by atoms with van der Waals surface area (Å²) in [6.45, 7) is 5.78. The van der Waals surface area contributed by atoms with Crippen molar-refractivity contribution in [1.29, 1.82) is 0 Å². The Morgan fingerprint density at radius 3 is 3.12 bits per heavy atom. The van der Waals surface area contributed by atoms with Crippen LogP contribution in [0.5, 0.6) is 0 Å². The molecule has 0 N–H and O–H groups in total. The number of carbonyl (C=O) groups is 1. The molecule has 6 nitrogen and oxygen atoms in total. The molecular weight excluding hydrogens is 326 g/mol. The Labute approximate surface area is 145 Å². The lowest BCUT2D eigenvalue weighted by molar-refractivity contribution is -0.0227. The predicted molar refractivity (Wildman–Crippen MR) is 91.0 cm³/mol. The molecule has 3 rings (SSSR count). The number of nitrogens with zero attached hydrogens (tertiary/aromatic N) is 3. The first-order chi connectivity index (χ1) is 11.7. The average molecular weight is 347 g/mol. The van der Waals surface area contributed by atoms with Crippen LogP contribution < -0.4 is 0 Å². The molecule has 1 aliphatic rings. The normalized spacial score (nSPS) is 17.9. The summed E-state index contributed by atoms with van der Waals surface area (Å²) in [4.78, 5) is 19.1. The average Bonchev–Trinajstić information content (AvgIpc) is 3.05. The summed E-state index contributed by atoms with van der Waals surface area (Å²) in [5, 5.41) is 4.71. The summed E-state index contributed by atoms with van der Waals surface area (Å²) >= 11 is 1.50. The second-order valence-electron chi connectivity index (χ2n) is 5.73. The Bertz CT molecular complexity index is 704. The van der Waals surface area contributed by atoms with E-state index >= 15 is 0 Å². The van der Waals surface area contributed by atoms with Gasteiger partial charge in [-0.1, -0.05) is 23.8 Å². The lowest BCUT2D eigenvalue weighted by Gasteiger charge is -2.32. The molecule has 128 valence electrons. The van der Waals surface area contributed by atoms with Crippen LogP contribution in [0.3, 0.4) is 0 Å². The van der Waals surface area contributed by atoms with Gasteiger partial charge < -0.3 is 14.2 Å². The lowest BCUT2D eigenvalue weighted by atomic mass is 10.2. The molecule has 1 amide bonds. The summed E-state index contributed by atoms with van der Waals surface area (Å²) in [5.41, 5.74) is 1.48. The Morgan fingerprint density at radius 2 is 2.38 bits per heavy atom. The van der Waals surface area contributed by atoms with Crippen molar-refractivity contribution in [2.24, 2.45) is 0 Å². The van der Waals surface area contributed by atoms with E-state index in [-0.39, 0.29) is 12.0 Å². The van der Waals surface area contributed by atoms with E-state index in [0.29, 0.717) is 31.0 Å². The second kappa shape index (κ2) is 7.81. The van der Waals surface area contributed by atoms with Gasteiger partial charge in [-0.25, -0.2) is 4.98 Å². The van der Waals surface area contributed by atoms with Gasteiger partial charge in [0, 0.05) is 31.1 Å². The van der Waals surface area contributed by atoms with Crippen LogP contribution in [0.2, 0.25) is 0 Å². The first-order valence-corrected chi connectivity index (χ1v) is 9.06. The third-order valence-corrected chi connectivity index (χ3v) is 4.96. The minimum Gasteiger partial charge on any atom is -0.375 e. The molecule has 2 aromatic heterocycles. The molecule has 1 unspecified atom stereocenters. The van der Waals surface area contributed by atoms with E-state index in [2.05, 4.69) is 17.1 Å². The number of carbonyl (C=O) groups excluding carboxylic acids is 1. The number of thioether (sulfide) groups is 1. The Kier molecular flexibility index (Phi) is 5.52. The molecule has 7 heteroatoms. The lowest BCUT2D eigenvalue weighted by Crippen LogP contribution is -2.45. The summed E-state index contributed by atoms with van der Waals surface area (Å²) in [7, 11) is 0. The number of aryl methyl sites for hydroxylation is 1. The number of aromatic nitrogens is 2. The van der Waals surface area contributed by atoms with Crippen molar-refractivity contribution in [3.05, 3.63) is 41.4 Å². The number of pyridine rings is 1. The maximum atomic E-state index is 12.9. The minimum atomic E-state index is 0.0173. The number of hydrogen-bond acceptors (Lipinski definition) is 6. The van der Waals surface area contributed by atoms with Crippen molar-refractivity contribution in [1.82, 2.24) is 15.0 Å². The number of rotatable bonds is 5. The van der Waals surface area contributed by atoms with Gasteiger partial charge in [0.15, 0.2) is 0 Å². The summed E-state index contributed by atoms with van der Waals surface area (Å²) in [6.07, 6.45) is 2.74. The van der Waals surface area contributed by atoms with Crippen molar-refractivity contribution < 1.29 is 14.1 Å². The van der Waals surface area contributed by atoms with Crippen LogP contribution in [0.1, 0.15) is 35.2 Å². The highest BCUT2D eigenvalue weighted by atomic mass is 32.2. The van der Waals surface area contributed by atoms with Crippen LogP contribution in [0.15, 0.2) is 33.9 Å². The molecule has 1 aliphatic heterocycles. The summed E-state index contributed by atoms with van der Waals surface area (Å²) < 4.78 is 10.7. The van der Waals surface area contributed by atoms with Crippen LogP contribution in [-0.2, 0) is 10.5 Å². The molecule has 24 heavy (non-hydrogen) atoms. The second-order valence-corrected chi connectivity index (χ2v) is 6.69. The SMILES string of the molecule is CCC1CN(C(=O)c2cccnc2SCc2cc(C)on2)CCO1. The topological polar surface area (TPSA) is 68.5 Å². The van der Waals surface area contributed by atoms with E-state index in [1.807, 2.05) is 24.0 Å². The van der Waals surface area contributed by atoms with Gasteiger partial charge in [-0.2, -0.15) is 0 Å². The van der Waals surface area contributed by atoms with Gasteiger partial charge in [-0.15, -0.1) is 0 Å². The van der Waals surface area contributed by atoms with E-state index in [1.165, 1.54) is 11.8 Å². The van der Waals surface area contributed by atoms with E-state index in [9.17, 15) is 4.79 Å². The monoisotopic (exact) mass is 347 g/mol. The molecule has 1 fully saturated rings. The molecule has 0 saturated carbocycles. The highest BCUT2D eigenvalue weighted by molar-refractivity contribution is 7.98. The highest BCUT2D eigenvalue weighted by Gasteiger charge is 2.26. The van der Waals surface area contributed by atoms with Gasteiger partial charge in [0.05, 0.1) is 24.0 Å². The first-order valence-electron chi connectivity index (χ1n) is 8.08. The smallest absolute Gasteiger partial charge is 0.256 e. The van der Waals surface area contributed by atoms with E-state index in [4.69, 9.17) is 9.26 Å². The van der Waals surface area contributed by atoms with Crippen molar-refractivity contribution in [2.75, 3.05) is 19.7 Å². The minimum absolute atomic E-state index is 0.0173. The van der Waals surface area contributed by atoms with Crippen LogP contribution in [0.25, 0.3) is 0 Å². The molecule has 0 aliphatic carbocycles. The van der Waals surface area contributed by atoms with Crippen LogP contribution in [0, 0.1) is 6.92 Å². The summed E-state index contributed by atoms with van der Waals surface area (Å²) in [5.74, 6) is 1.42. The van der Waals surface area contributed by atoms with Crippen molar-refractivity contribution >= 4 is 17.7 Å². The number of morpholine rings is 1. The Morgan fingerprint density at radius 1 is 1.50 bits per heavy atom. The fourth-order valence-corrected chi connectivity index (χ4v) is 3.48. The maximum absolute atomic E-state index is 12.9. The first kappa shape index (κ1) is 17.0. The Hall–Kier alpha value is -1.86. The largest absolute Gasteiger partial charge is 0.375 e. The van der Waals surface area contributed by atoms with Crippen LogP contribution in [-0.4, -0.2) is 46.7 Å². The van der Waals surface area contributed by atoms with Gasteiger partial charge in [-0.3, -0.25) is 4.79 Å². The molecule has 0 spiro atoms. The van der Waals surface area contributed by atoms with Crippen molar-refractivity contribution in [3.63, 3.8) is 0 Å². The van der Waals surface area contributed by atoms with Crippen molar-refractivity contribution in [3.8, 4) is 0 Å². The molecule has 1 atom stereocenters. The standard InChI is InChI=1S/C17H21N3O3S/c1-3-14-10-20(7-8-22-14)17(21)15-5-4-6-18-16(15)24-11-13-9-12(2)23-19-13/h4-6,9,14H,3,7-8,10-11H2,1-2H3.